The van der Waals surface area contributed by atoms with Gasteiger partial charge in [0.05, 0.1) is 6.10 Å². The quantitative estimate of drug-likeness (QED) is 0.806. The second-order valence-electron chi connectivity index (χ2n) is 3.49. The van der Waals surface area contributed by atoms with Crippen LogP contribution in [0.4, 0.5) is 4.39 Å². The molecule has 13 heavy (non-hydrogen) atoms. The Bertz CT molecular complexity index is 321. The van der Waals surface area contributed by atoms with Gasteiger partial charge in [-0.15, -0.1) is 0 Å². The first kappa shape index (κ1) is 9.16. The van der Waals surface area contributed by atoms with E-state index >= 15 is 0 Å². The molecule has 0 amide bonds. The standard InChI is InChI=1S/C10H10BrFO/c11-10-5-7(12)1-2-9(10)6-3-8(13)4-6/h1-2,5-6,8,13H,3-4H2. The van der Waals surface area contributed by atoms with E-state index in [0.29, 0.717) is 5.92 Å². The Morgan fingerprint density at radius 3 is 2.62 bits per heavy atom. The lowest BCUT2D eigenvalue weighted by molar-refractivity contribution is 0.0744. The molecule has 1 saturated carbocycles. The third-order valence-corrected chi connectivity index (χ3v) is 3.20. The zero-order valence-electron chi connectivity index (χ0n) is 7.00. The Morgan fingerprint density at radius 2 is 2.08 bits per heavy atom. The van der Waals surface area contributed by atoms with Crippen LogP contribution in [0.1, 0.15) is 24.3 Å². The van der Waals surface area contributed by atoms with Gasteiger partial charge in [0, 0.05) is 4.47 Å². The average Bonchev–Trinajstić information content (AvgIpc) is 2.00. The van der Waals surface area contributed by atoms with E-state index in [4.69, 9.17) is 5.11 Å². The van der Waals surface area contributed by atoms with Crippen LogP contribution < -0.4 is 0 Å². The molecule has 3 heteroatoms. The predicted octanol–water partition coefficient (Wildman–Crippen LogP) is 2.83. The number of aliphatic hydroxyl groups is 1. The third kappa shape index (κ3) is 1.76. The second-order valence-corrected chi connectivity index (χ2v) is 4.34. The summed E-state index contributed by atoms with van der Waals surface area (Å²) in [7, 11) is 0. The van der Waals surface area contributed by atoms with Crippen molar-refractivity contribution in [3.63, 3.8) is 0 Å². The summed E-state index contributed by atoms with van der Waals surface area (Å²) in [4.78, 5) is 0. The molecule has 1 aromatic rings. The average molecular weight is 245 g/mol. The molecule has 0 unspecified atom stereocenters. The van der Waals surface area contributed by atoms with Gasteiger partial charge >= 0.3 is 0 Å². The van der Waals surface area contributed by atoms with Crippen molar-refractivity contribution >= 4 is 15.9 Å². The van der Waals surface area contributed by atoms with Crippen molar-refractivity contribution in [2.75, 3.05) is 0 Å². The van der Waals surface area contributed by atoms with Gasteiger partial charge in [0.25, 0.3) is 0 Å². The summed E-state index contributed by atoms with van der Waals surface area (Å²) in [5.74, 6) is 0.167. The monoisotopic (exact) mass is 244 g/mol. The molecular formula is C10H10BrFO. The van der Waals surface area contributed by atoms with Crippen molar-refractivity contribution in [2.45, 2.75) is 24.9 Å². The minimum atomic E-state index is -0.226. The molecule has 0 saturated heterocycles. The van der Waals surface area contributed by atoms with E-state index in [1.165, 1.54) is 12.1 Å². The van der Waals surface area contributed by atoms with E-state index in [0.717, 1.165) is 22.9 Å². The number of benzene rings is 1. The zero-order valence-corrected chi connectivity index (χ0v) is 8.59. The van der Waals surface area contributed by atoms with E-state index in [1.54, 1.807) is 6.07 Å². The van der Waals surface area contributed by atoms with E-state index in [-0.39, 0.29) is 11.9 Å². The Labute approximate surface area is 84.7 Å². The van der Waals surface area contributed by atoms with E-state index in [2.05, 4.69) is 15.9 Å². The van der Waals surface area contributed by atoms with Crippen molar-refractivity contribution in [2.24, 2.45) is 0 Å². The predicted molar refractivity (Wildman–Crippen MR) is 52.1 cm³/mol. The highest BCUT2D eigenvalue weighted by Gasteiger charge is 2.29. The highest BCUT2D eigenvalue weighted by atomic mass is 79.9. The second kappa shape index (κ2) is 3.39. The van der Waals surface area contributed by atoms with Gasteiger partial charge in [0.1, 0.15) is 5.82 Å². The Morgan fingerprint density at radius 1 is 1.38 bits per heavy atom. The first-order valence-electron chi connectivity index (χ1n) is 4.30. The largest absolute Gasteiger partial charge is 0.393 e. The van der Waals surface area contributed by atoms with Crippen molar-refractivity contribution < 1.29 is 9.50 Å². The first-order chi connectivity index (χ1) is 6.16. The molecule has 0 radical (unpaired) electrons. The summed E-state index contributed by atoms with van der Waals surface area (Å²) in [6.07, 6.45) is 1.43. The summed E-state index contributed by atoms with van der Waals surface area (Å²) in [5, 5.41) is 9.14. The lowest BCUT2D eigenvalue weighted by atomic mass is 9.78. The van der Waals surface area contributed by atoms with E-state index in [9.17, 15) is 4.39 Å². The molecule has 0 atom stereocenters. The summed E-state index contributed by atoms with van der Waals surface area (Å²) < 4.78 is 13.5. The van der Waals surface area contributed by atoms with Crippen LogP contribution in [0.25, 0.3) is 0 Å². The van der Waals surface area contributed by atoms with Crippen LogP contribution in [0.15, 0.2) is 22.7 Å². The number of rotatable bonds is 1. The number of aliphatic hydroxyl groups excluding tert-OH is 1. The molecule has 1 aliphatic rings. The highest BCUT2D eigenvalue weighted by molar-refractivity contribution is 9.10. The molecule has 1 aliphatic carbocycles. The lowest BCUT2D eigenvalue weighted by Crippen LogP contribution is -2.26. The molecule has 0 spiro atoms. The molecule has 0 aromatic heterocycles. The Balaban J connectivity index is 2.21. The molecular weight excluding hydrogens is 235 g/mol. The van der Waals surface area contributed by atoms with Gasteiger partial charge in [0.2, 0.25) is 0 Å². The fourth-order valence-corrected chi connectivity index (χ4v) is 2.35. The molecule has 0 heterocycles. The van der Waals surface area contributed by atoms with Gasteiger partial charge in [0.15, 0.2) is 0 Å². The Hall–Kier alpha value is -0.410. The third-order valence-electron chi connectivity index (χ3n) is 2.52. The zero-order chi connectivity index (χ0) is 9.42. The highest BCUT2D eigenvalue weighted by Crippen LogP contribution is 2.40. The van der Waals surface area contributed by atoms with Gasteiger partial charge in [-0.05, 0) is 36.5 Å². The Kier molecular flexibility index (Phi) is 2.39. The van der Waals surface area contributed by atoms with E-state index in [1.807, 2.05) is 0 Å². The normalized spacial score (nSPS) is 27.0. The van der Waals surface area contributed by atoms with Crippen LogP contribution in [0.3, 0.4) is 0 Å². The topological polar surface area (TPSA) is 20.2 Å². The van der Waals surface area contributed by atoms with Crippen molar-refractivity contribution in [1.82, 2.24) is 0 Å². The van der Waals surface area contributed by atoms with Crippen LogP contribution in [0, 0.1) is 5.82 Å². The summed E-state index contributed by atoms with van der Waals surface area (Å²) >= 11 is 3.32. The van der Waals surface area contributed by atoms with Gasteiger partial charge in [-0.1, -0.05) is 22.0 Å². The van der Waals surface area contributed by atoms with Crippen LogP contribution in [0.5, 0.6) is 0 Å². The van der Waals surface area contributed by atoms with E-state index < -0.39 is 0 Å². The fourth-order valence-electron chi connectivity index (χ4n) is 1.67. The summed E-state index contributed by atoms with van der Waals surface area (Å²) in [5.41, 5.74) is 1.10. The van der Waals surface area contributed by atoms with Crippen molar-refractivity contribution in [3.8, 4) is 0 Å². The molecule has 1 fully saturated rings. The molecule has 0 bridgehead atoms. The van der Waals surface area contributed by atoms with Crippen LogP contribution in [0.2, 0.25) is 0 Å². The molecule has 1 N–H and O–H groups in total. The van der Waals surface area contributed by atoms with Crippen LogP contribution in [-0.2, 0) is 0 Å². The fraction of sp³-hybridized carbons (Fsp3) is 0.400. The maximum absolute atomic E-state index is 12.7. The molecule has 2 rings (SSSR count). The van der Waals surface area contributed by atoms with Gasteiger partial charge in [-0.25, -0.2) is 4.39 Å². The number of hydrogen-bond acceptors (Lipinski definition) is 1. The smallest absolute Gasteiger partial charge is 0.124 e. The minimum absolute atomic E-state index is 0.165. The van der Waals surface area contributed by atoms with Crippen molar-refractivity contribution in [1.29, 1.82) is 0 Å². The molecule has 70 valence electrons. The first-order valence-corrected chi connectivity index (χ1v) is 5.09. The van der Waals surface area contributed by atoms with Gasteiger partial charge in [-0.3, -0.25) is 0 Å². The maximum atomic E-state index is 12.7. The molecule has 1 nitrogen and oxygen atoms in total. The van der Waals surface area contributed by atoms with Crippen LogP contribution in [-0.4, -0.2) is 11.2 Å². The number of halogens is 2. The SMILES string of the molecule is OC1CC(c2ccc(F)cc2Br)C1. The van der Waals surface area contributed by atoms with Gasteiger partial charge < -0.3 is 5.11 Å². The maximum Gasteiger partial charge on any atom is 0.124 e. The number of hydrogen-bond donors (Lipinski definition) is 1. The summed E-state index contributed by atoms with van der Waals surface area (Å²) in [6.45, 7) is 0. The van der Waals surface area contributed by atoms with Gasteiger partial charge in [-0.2, -0.15) is 0 Å². The summed E-state index contributed by atoms with van der Waals surface area (Å²) in [6, 6.07) is 4.72. The molecule has 1 aromatic carbocycles. The molecule has 0 aliphatic heterocycles. The lowest BCUT2D eigenvalue weighted by Gasteiger charge is -2.32. The minimum Gasteiger partial charge on any atom is -0.393 e. The van der Waals surface area contributed by atoms with Crippen LogP contribution >= 0.6 is 15.9 Å². The van der Waals surface area contributed by atoms with Crippen molar-refractivity contribution in [3.05, 3.63) is 34.1 Å².